The fraction of sp³-hybridized carbons (Fsp3) is 0.333. The Bertz CT molecular complexity index is 765. The first kappa shape index (κ1) is 21.7. The topological polar surface area (TPSA) is 93.5 Å². The Labute approximate surface area is 163 Å². The maximum atomic E-state index is 12.2. The molecule has 0 spiro atoms. The summed E-state index contributed by atoms with van der Waals surface area (Å²) < 4.78 is 40.8. The van der Waals surface area contributed by atoms with Crippen molar-refractivity contribution in [2.45, 2.75) is 31.8 Å². The molecular formula is C18H20F3N3O3S. The van der Waals surface area contributed by atoms with Gasteiger partial charge >= 0.3 is 12.2 Å². The maximum Gasteiger partial charge on any atom is 0.411 e. The average Bonchev–Trinajstić information content (AvgIpc) is 3.14. The van der Waals surface area contributed by atoms with Crippen molar-refractivity contribution >= 4 is 23.3 Å². The number of nitrogens with two attached hydrogens (primary N) is 1. The average molecular weight is 415 g/mol. The zero-order chi connectivity index (χ0) is 20.6. The van der Waals surface area contributed by atoms with Crippen molar-refractivity contribution in [2.75, 3.05) is 6.61 Å². The molecule has 1 aromatic heterocycles. The second-order valence-corrected chi connectivity index (χ2v) is 6.96. The van der Waals surface area contributed by atoms with Crippen molar-refractivity contribution in [3.05, 3.63) is 57.8 Å². The SMILES string of the molecule is NC(=O)NC(CC(=O)NCc1ccc(COCC(F)(F)F)cc1)c1cccs1. The van der Waals surface area contributed by atoms with Crippen LogP contribution in [0.15, 0.2) is 41.8 Å². The molecule has 28 heavy (non-hydrogen) atoms. The first-order chi connectivity index (χ1) is 13.2. The molecule has 152 valence electrons. The molecule has 6 nitrogen and oxygen atoms in total. The molecule has 0 bridgehead atoms. The molecule has 2 aromatic rings. The van der Waals surface area contributed by atoms with E-state index in [-0.39, 0.29) is 25.5 Å². The van der Waals surface area contributed by atoms with Crippen LogP contribution in [0.1, 0.15) is 28.5 Å². The van der Waals surface area contributed by atoms with Crippen LogP contribution >= 0.6 is 11.3 Å². The number of nitrogens with one attached hydrogen (secondary N) is 2. The fourth-order valence-corrected chi connectivity index (χ4v) is 3.16. The second-order valence-electron chi connectivity index (χ2n) is 5.98. The Kier molecular flexibility index (Phi) is 7.82. The van der Waals surface area contributed by atoms with Crippen molar-refractivity contribution in [2.24, 2.45) is 5.73 Å². The summed E-state index contributed by atoms with van der Waals surface area (Å²) in [4.78, 5) is 24.1. The van der Waals surface area contributed by atoms with Crippen molar-refractivity contribution < 1.29 is 27.5 Å². The van der Waals surface area contributed by atoms with Crippen molar-refractivity contribution in [3.63, 3.8) is 0 Å². The van der Waals surface area contributed by atoms with E-state index in [4.69, 9.17) is 5.73 Å². The molecule has 4 N–H and O–H groups in total. The Hall–Kier alpha value is -2.59. The van der Waals surface area contributed by atoms with Crippen LogP contribution in [-0.4, -0.2) is 24.7 Å². The van der Waals surface area contributed by atoms with Crippen molar-refractivity contribution in [3.8, 4) is 0 Å². The first-order valence-electron chi connectivity index (χ1n) is 8.31. The number of primary amides is 1. The fourth-order valence-electron chi connectivity index (χ4n) is 2.38. The predicted octanol–water partition coefficient (Wildman–Crippen LogP) is 3.24. The lowest BCUT2D eigenvalue weighted by Crippen LogP contribution is -2.36. The Morgan fingerprint density at radius 3 is 2.39 bits per heavy atom. The maximum absolute atomic E-state index is 12.2. The summed E-state index contributed by atoms with van der Waals surface area (Å²) in [6, 6.07) is 9.07. The van der Waals surface area contributed by atoms with Crippen LogP contribution in [0.5, 0.6) is 0 Å². The monoisotopic (exact) mass is 415 g/mol. The lowest BCUT2D eigenvalue weighted by molar-refractivity contribution is -0.176. The number of carbonyl (C=O) groups is 2. The lowest BCUT2D eigenvalue weighted by atomic mass is 10.1. The van der Waals surface area contributed by atoms with Gasteiger partial charge in [0, 0.05) is 11.4 Å². The molecule has 0 aliphatic carbocycles. The van der Waals surface area contributed by atoms with Gasteiger partial charge in [-0.25, -0.2) is 4.79 Å². The second kappa shape index (κ2) is 10.1. The molecule has 0 aliphatic heterocycles. The Morgan fingerprint density at radius 2 is 1.82 bits per heavy atom. The van der Waals surface area contributed by atoms with Gasteiger partial charge < -0.3 is 21.1 Å². The van der Waals surface area contributed by atoms with Gasteiger partial charge in [0.05, 0.1) is 19.1 Å². The van der Waals surface area contributed by atoms with Gasteiger partial charge in [0.2, 0.25) is 5.91 Å². The van der Waals surface area contributed by atoms with E-state index in [1.54, 1.807) is 30.3 Å². The van der Waals surface area contributed by atoms with E-state index in [1.165, 1.54) is 11.3 Å². The molecule has 1 heterocycles. The van der Waals surface area contributed by atoms with Crippen LogP contribution in [-0.2, 0) is 22.7 Å². The summed E-state index contributed by atoms with van der Waals surface area (Å²) in [6.07, 6.45) is -4.32. The minimum Gasteiger partial charge on any atom is -0.367 e. The normalized spacial score (nSPS) is 12.4. The number of hydrogen-bond donors (Lipinski definition) is 3. The van der Waals surface area contributed by atoms with Crippen LogP contribution in [0.2, 0.25) is 0 Å². The molecule has 0 saturated heterocycles. The lowest BCUT2D eigenvalue weighted by Gasteiger charge is -2.16. The van der Waals surface area contributed by atoms with E-state index < -0.39 is 24.9 Å². The highest BCUT2D eigenvalue weighted by molar-refractivity contribution is 7.10. The van der Waals surface area contributed by atoms with Gasteiger partial charge in [-0.1, -0.05) is 30.3 Å². The third kappa shape index (κ3) is 7.97. The summed E-state index contributed by atoms with van der Waals surface area (Å²) in [7, 11) is 0. The van der Waals surface area contributed by atoms with Crippen LogP contribution in [0, 0.1) is 0 Å². The number of amides is 3. The van der Waals surface area contributed by atoms with E-state index in [9.17, 15) is 22.8 Å². The van der Waals surface area contributed by atoms with Gasteiger partial charge in [0.15, 0.2) is 0 Å². The Morgan fingerprint density at radius 1 is 1.14 bits per heavy atom. The standard InChI is InChI=1S/C18H20F3N3O3S/c19-18(20,21)11-27-10-13-5-3-12(4-6-13)9-23-16(25)8-14(24-17(22)26)15-2-1-7-28-15/h1-7,14H,8-11H2,(H,23,25)(H3,22,24,26). The number of urea groups is 1. The smallest absolute Gasteiger partial charge is 0.367 e. The summed E-state index contributed by atoms with van der Waals surface area (Å²) in [5.41, 5.74) is 6.54. The zero-order valence-corrected chi connectivity index (χ0v) is 15.6. The summed E-state index contributed by atoms with van der Waals surface area (Å²) in [5, 5.41) is 7.12. The molecule has 10 heteroatoms. The summed E-state index contributed by atoms with van der Waals surface area (Å²) in [6.45, 7) is -1.20. The summed E-state index contributed by atoms with van der Waals surface area (Å²) >= 11 is 1.41. The molecule has 1 atom stereocenters. The van der Waals surface area contributed by atoms with Crippen molar-refractivity contribution in [1.29, 1.82) is 0 Å². The highest BCUT2D eigenvalue weighted by Crippen LogP contribution is 2.22. The molecule has 2 rings (SSSR count). The third-order valence-corrected chi connectivity index (χ3v) is 4.63. The minimum absolute atomic E-state index is 0.0345. The van der Waals surface area contributed by atoms with Gasteiger partial charge in [-0.3, -0.25) is 4.79 Å². The van der Waals surface area contributed by atoms with Gasteiger partial charge in [0.25, 0.3) is 0 Å². The molecule has 0 fully saturated rings. The Balaban J connectivity index is 1.80. The van der Waals surface area contributed by atoms with Gasteiger partial charge in [-0.2, -0.15) is 13.2 Å². The number of thiophene rings is 1. The van der Waals surface area contributed by atoms with E-state index >= 15 is 0 Å². The first-order valence-corrected chi connectivity index (χ1v) is 9.19. The van der Waals surface area contributed by atoms with E-state index in [2.05, 4.69) is 15.4 Å². The number of benzene rings is 1. The highest BCUT2D eigenvalue weighted by atomic mass is 32.1. The molecule has 0 saturated carbocycles. The van der Waals surface area contributed by atoms with Crippen LogP contribution in [0.4, 0.5) is 18.0 Å². The number of alkyl halides is 3. The zero-order valence-electron chi connectivity index (χ0n) is 14.8. The largest absolute Gasteiger partial charge is 0.411 e. The number of carbonyl (C=O) groups excluding carboxylic acids is 2. The highest BCUT2D eigenvalue weighted by Gasteiger charge is 2.27. The van der Waals surface area contributed by atoms with Crippen LogP contribution in [0.3, 0.4) is 0 Å². The minimum atomic E-state index is -4.35. The number of rotatable bonds is 9. The summed E-state index contributed by atoms with van der Waals surface area (Å²) in [5.74, 6) is -0.273. The number of ether oxygens (including phenoxy) is 1. The molecule has 0 radical (unpaired) electrons. The van der Waals surface area contributed by atoms with Crippen LogP contribution < -0.4 is 16.4 Å². The quantitative estimate of drug-likeness (QED) is 0.587. The predicted molar refractivity (Wildman–Crippen MR) is 98.4 cm³/mol. The van der Waals surface area contributed by atoms with Crippen molar-refractivity contribution in [1.82, 2.24) is 10.6 Å². The van der Waals surface area contributed by atoms with Gasteiger partial charge in [-0.15, -0.1) is 11.3 Å². The van der Waals surface area contributed by atoms with Gasteiger partial charge in [-0.05, 0) is 22.6 Å². The van der Waals surface area contributed by atoms with Crippen LogP contribution in [0.25, 0.3) is 0 Å². The van der Waals surface area contributed by atoms with Gasteiger partial charge in [0.1, 0.15) is 6.61 Å². The van der Waals surface area contributed by atoms with E-state index in [1.807, 2.05) is 11.4 Å². The number of hydrogen-bond acceptors (Lipinski definition) is 4. The third-order valence-electron chi connectivity index (χ3n) is 3.64. The van der Waals surface area contributed by atoms with E-state index in [0.29, 0.717) is 5.56 Å². The molecular weight excluding hydrogens is 395 g/mol. The number of halogens is 3. The molecule has 0 aliphatic rings. The molecule has 1 unspecified atom stereocenters. The molecule has 3 amide bonds. The van der Waals surface area contributed by atoms with E-state index in [0.717, 1.165) is 10.4 Å². The molecule has 1 aromatic carbocycles.